The predicted molar refractivity (Wildman–Crippen MR) is 86.1 cm³/mol. The summed E-state index contributed by atoms with van der Waals surface area (Å²) >= 11 is 3.42. The molecule has 1 aromatic carbocycles. The van der Waals surface area contributed by atoms with Crippen molar-refractivity contribution in [1.82, 2.24) is 10.2 Å². The van der Waals surface area contributed by atoms with Gasteiger partial charge in [0.1, 0.15) is 0 Å². The van der Waals surface area contributed by atoms with Crippen LogP contribution in [-0.4, -0.2) is 37.5 Å². The second-order valence-corrected chi connectivity index (χ2v) is 7.17. The van der Waals surface area contributed by atoms with Gasteiger partial charge in [-0.2, -0.15) is 0 Å². The van der Waals surface area contributed by atoms with Crippen molar-refractivity contribution in [3.05, 3.63) is 33.8 Å². The van der Waals surface area contributed by atoms with Crippen molar-refractivity contribution >= 4 is 21.8 Å². The van der Waals surface area contributed by atoms with Crippen molar-refractivity contribution in [1.29, 1.82) is 0 Å². The van der Waals surface area contributed by atoms with Crippen LogP contribution in [0.4, 0.5) is 0 Å². The molecule has 1 aliphatic rings. The van der Waals surface area contributed by atoms with E-state index in [2.05, 4.69) is 40.1 Å². The Balaban J connectivity index is 1.97. The molecule has 2 rings (SSSR count). The van der Waals surface area contributed by atoms with Crippen molar-refractivity contribution in [3.63, 3.8) is 0 Å². The minimum absolute atomic E-state index is 0.0314. The molecule has 0 atom stereocenters. The Morgan fingerprint density at radius 3 is 2.70 bits per heavy atom. The minimum atomic E-state index is 0.0314. The lowest BCUT2D eigenvalue weighted by atomic mass is 9.80. The highest BCUT2D eigenvalue weighted by molar-refractivity contribution is 9.10. The van der Waals surface area contributed by atoms with Gasteiger partial charge in [0.05, 0.1) is 0 Å². The number of likely N-dealkylation sites (tertiary alicyclic amines) is 1. The molecule has 0 saturated carbocycles. The number of carbonyl (C=O) groups is 1. The number of rotatable bonds is 3. The summed E-state index contributed by atoms with van der Waals surface area (Å²) in [7, 11) is 2.16. The van der Waals surface area contributed by atoms with Crippen LogP contribution >= 0.6 is 15.9 Å². The second-order valence-electron chi connectivity index (χ2n) is 6.26. The van der Waals surface area contributed by atoms with E-state index in [4.69, 9.17) is 0 Å². The average molecular weight is 339 g/mol. The fourth-order valence-electron chi connectivity index (χ4n) is 2.56. The number of benzene rings is 1. The molecular weight excluding hydrogens is 316 g/mol. The van der Waals surface area contributed by atoms with Crippen LogP contribution in [-0.2, 0) is 0 Å². The van der Waals surface area contributed by atoms with Crippen LogP contribution in [0.3, 0.4) is 0 Å². The van der Waals surface area contributed by atoms with Crippen LogP contribution in [0.25, 0.3) is 0 Å². The van der Waals surface area contributed by atoms with E-state index in [-0.39, 0.29) is 11.3 Å². The molecule has 1 aliphatic heterocycles. The number of nitrogens with one attached hydrogen (secondary N) is 1. The quantitative estimate of drug-likeness (QED) is 0.917. The van der Waals surface area contributed by atoms with E-state index in [9.17, 15) is 4.79 Å². The molecule has 0 radical (unpaired) electrons. The van der Waals surface area contributed by atoms with Gasteiger partial charge in [-0.1, -0.05) is 28.9 Å². The Labute approximate surface area is 129 Å². The zero-order valence-electron chi connectivity index (χ0n) is 12.5. The summed E-state index contributed by atoms with van der Waals surface area (Å²) in [6.45, 7) is 7.23. The number of amides is 1. The maximum absolute atomic E-state index is 12.3. The van der Waals surface area contributed by atoms with Crippen LogP contribution in [0.5, 0.6) is 0 Å². The number of aryl methyl sites for hydroxylation is 1. The van der Waals surface area contributed by atoms with Gasteiger partial charge in [-0.05, 0) is 63.0 Å². The summed E-state index contributed by atoms with van der Waals surface area (Å²) < 4.78 is 0.943. The smallest absolute Gasteiger partial charge is 0.251 e. The molecule has 0 unspecified atom stereocenters. The van der Waals surface area contributed by atoms with Gasteiger partial charge in [0, 0.05) is 16.6 Å². The molecule has 1 heterocycles. The number of hydrogen-bond acceptors (Lipinski definition) is 2. The molecule has 0 spiro atoms. The third kappa shape index (κ3) is 3.83. The van der Waals surface area contributed by atoms with Crippen molar-refractivity contribution in [2.45, 2.75) is 26.7 Å². The molecule has 1 N–H and O–H groups in total. The largest absolute Gasteiger partial charge is 0.351 e. The first-order valence-corrected chi connectivity index (χ1v) is 7.92. The number of piperidine rings is 1. The van der Waals surface area contributed by atoms with E-state index in [0.717, 1.165) is 48.1 Å². The van der Waals surface area contributed by atoms with Crippen molar-refractivity contribution < 1.29 is 4.79 Å². The molecule has 110 valence electrons. The fraction of sp³-hybridized carbons (Fsp3) is 0.562. The van der Waals surface area contributed by atoms with Gasteiger partial charge in [0.25, 0.3) is 5.91 Å². The third-order valence-corrected chi connectivity index (χ3v) is 4.81. The normalized spacial score (nSPS) is 18.8. The molecule has 0 aliphatic carbocycles. The van der Waals surface area contributed by atoms with E-state index >= 15 is 0 Å². The summed E-state index contributed by atoms with van der Waals surface area (Å²) in [6, 6.07) is 5.82. The number of carbonyl (C=O) groups excluding carboxylic acids is 1. The van der Waals surface area contributed by atoms with Gasteiger partial charge in [0.15, 0.2) is 0 Å². The van der Waals surface area contributed by atoms with Gasteiger partial charge < -0.3 is 10.2 Å². The summed E-state index contributed by atoms with van der Waals surface area (Å²) in [5, 5.41) is 3.11. The van der Waals surface area contributed by atoms with Crippen molar-refractivity contribution in [3.8, 4) is 0 Å². The standard InChI is InChI=1S/C16H23BrN2O/c1-12-4-5-13(17)10-14(12)15(20)18-11-16(2)6-8-19(3)9-7-16/h4-5,10H,6-9,11H2,1-3H3,(H,18,20). The summed E-state index contributed by atoms with van der Waals surface area (Å²) in [6.07, 6.45) is 2.28. The van der Waals surface area contributed by atoms with Crippen LogP contribution in [0.2, 0.25) is 0 Å². The van der Waals surface area contributed by atoms with Gasteiger partial charge >= 0.3 is 0 Å². The average Bonchev–Trinajstić information content (AvgIpc) is 2.43. The van der Waals surface area contributed by atoms with Crippen molar-refractivity contribution in [2.75, 3.05) is 26.7 Å². The van der Waals surface area contributed by atoms with Crippen LogP contribution < -0.4 is 5.32 Å². The van der Waals surface area contributed by atoms with E-state index in [0.29, 0.717) is 0 Å². The lowest BCUT2D eigenvalue weighted by Crippen LogP contribution is -2.43. The van der Waals surface area contributed by atoms with Crippen LogP contribution in [0, 0.1) is 12.3 Å². The molecule has 1 fully saturated rings. The molecular formula is C16H23BrN2O. The van der Waals surface area contributed by atoms with Gasteiger partial charge in [0.2, 0.25) is 0 Å². The van der Waals surface area contributed by atoms with E-state index in [1.165, 1.54) is 0 Å². The van der Waals surface area contributed by atoms with Crippen molar-refractivity contribution in [2.24, 2.45) is 5.41 Å². The Hall–Kier alpha value is -0.870. The number of hydrogen-bond donors (Lipinski definition) is 1. The first kappa shape index (κ1) is 15.5. The number of nitrogens with zero attached hydrogens (tertiary/aromatic N) is 1. The first-order chi connectivity index (χ1) is 9.39. The second kappa shape index (κ2) is 6.27. The maximum atomic E-state index is 12.3. The monoisotopic (exact) mass is 338 g/mol. The SMILES string of the molecule is Cc1ccc(Br)cc1C(=O)NCC1(C)CCN(C)CC1. The first-order valence-electron chi connectivity index (χ1n) is 7.13. The summed E-state index contributed by atoms with van der Waals surface area (Å²) in [5.74, 6) is 0.0314. The lowest BCUT2D eigenvalue weighted by Gasteiger charge is -2.38. The highest BCUT2D eigenvalue weighted by atomic mass is 79.9. The fourth-order valence-corrected chi connectivity index (χ4v) is 2.92. The third-order valence-electron chi connectivity index (χ3n) is 4.31. The van der Waals surface area contributed by atoms with Crippen LogP contribution in [0.15, 0.2) is 22.7 Å². The molecule has 1 aromatic rings. The molecule has 4 heteroatoms. The molecule has 1 saturated heterocycles. The van der Waals surface area contributed by atoms with Gasteiger partial charge in [-0.15, -0.1) is 0 Å². The minimum Gasteiger partial charge on any atom is -0.351 e. The highest BCUT2D eigenvalue weighted by Gasteiger charge is 2.29. The Bertz CT molecular complexity index is 493. The molecule has 1 amide bonds. The maximum Gasteiger partial charge on any atom is 0.251 e. The summed E-state index contributed by atoms with van der Waals surface area (Å²) in [5.41, 5.74) is 2.00. The Morgan fingerprint density at radius 2 is 2.05 bits per heavy atom. The zero-order chi connectivity index (χ0) is 14.8. The summed E-state index contributed by atoms with van der Waals surface area (Å²) in [4.78, 5) is 14.7. The molecule has 20 heavy (non-hydrogen) atoms. The predicted octanol–water partition coefficient (Wildman–Crippen LogP) is 3.22. The van der Waals surface area contributed by atoms with Crippen LogP contribution in [0.1, 0.15) is 35.7 Å². The highest BCUT2D eigenvalue weighted by Crippen LogP contribution is 2.29. The topological polar surface area (TPSA) is 32.3 Å². The van der Waals surface area contributed by atoms with E-state index < -0.39 is 0 Å². The lowest BCUT2D eigenvalue weighted by molar-refractivity contribution is 0.0891. The number of halogens is 1. The Kier molecular flexibility index (Phi) is 4.86. The Morgan fingerprint density at radius 1 is 1.40 bits per heavy atom. The molecule has 0 bridgehead atoms. The van der Waals surface area contributed by atoms with Gasteiger partial charge in [-0.3, -0.25) is 4.79 Å². The van der Waals surface area contributed by atoms with E-state index in [1.54, 1.807) is 0 Å². The molecule has 0 aromatic heterocycles. The van der Waals surface area contributed by atoms with Gasteiger partial charge in [-0.25, -0.2) is 0 Å². The van der Waals surface area contributed by atoms with E-state index in [1.807, 2.05) is 25.1 Å². The zero-order valence-corrected chi connectivity index (χ0v) is 14.1. The molecule has 3 nitrogen and oxygen atoms in total.